The van der Waals surface area contributed by atoms with E-state index in [0.29, 0.717) is 19.0 Å². The van der Waals surface area contributed by atoms with E-state index in [1.807, 2.05) is 12.3 Å². The van der Waals surface area contributed by atoms with Gasteiger partial charge in [-0.2, -0.15) is 0 Å². The standard InChI is InChI=1S/C23H34N4O2/c1-4-24-23(25-13-7-15-29-18-19(2)3)26-16-20-9-11-21(12-10-20)17-27-14-6-5-8-22(27)28/h5-6,8-12,14,19H,4,7,13,15-18H2,1-3H3,(H2,24,25,26). The zero-order valence-electron chi connectivity index (χ0n) is 17.9. The summed E-state index contributed by atoms with van der Waals surface area (Å²) in [5.74, 6) is 1.39. The van der Waals surface area contributed by atoms with Crippen LogP contribution < -0.4 is 16.2 Å². The van der Waals surface area contributed by atoms with Gasteiger partial charge in [0.1, 0.15) is 0 Å². The summed E-state index contributed by atoms with van der Waals surface area (Å²) >= 11 is 0. The van der Waals surface area contributed by atoms with E-state index in [1.165, 1.54) is 0 Å². The third-order valence-corrected chi connectivity index (χ3v) is 4.25. The average molecular weight is 399 g/mol. The number of ether oxygens (including phenoxy) is 1. The summed E-state index contributed by atoms with van der Waals surface area (Å²) in [6.45, 7) is 10.8. The average Bonchev–Trinajstić information content (AvgIpc) is 2.71. The highest BCUT2D eigenvalue weighted by atomic mass is 16.5. The molecular weight excluding hydrogens is 364 g/mol. The van der Waals surface area contributed by atoms with Crippen molar-refractivity contribution in [1.29, 1.82) is 0 Å². The predicted molar refractivity (Wildman–Crippen MR) is 119 cm³/mol. The van der Waals surface area contributed by atoms with Gasteiger partial charge < -0.3 is 19.9 Å². The van der Waals surface area contributed by atoms with Gasteiger partial charge in [-0.3, -0.25) is 4.79 Å². The zero-order chi connectivity index (χ0) is 20.9. The van der Waals surface area contributed by atoms with Gasteiger partial charge in [0.15, 0.2) is 5.96 Å². The van der Waals surface area contributed by atoms with Gasteiger partial charge in [-0.25, -0.2) is 4.99 Å². The van der Waals surface area contributed by atoms with Gasteiger partial charge in [-0.15, -0.1) is 0 Å². The second-order valence-electron chi connectivity index (χ2n) is 7.43. The first-order valence-electron chi connectivity index (χ1n) is 10.4. The van der Waals surface area contributed by atoms with E-state index in [9.17, 15) is 4.79 Å². The van der Waals surface area contributed by atoms with Crippen LogP contribution in [0, 0.1) is 5.92 Å². The third kappa shape index (κ3) is 8.96. The molecule has 6 nitrogen and oxygen atoms in total. The lowest BCUT2D eigenvalue weighted by molar-refractivity contribution is 0.108. The van der Waals surface area contributed by atoms with Crippen molar-refractivity contribution in [3.8, 4) is 0 Å². The van der Waals surface area contributed by atoms with Crippen molar-refractivity contribution in [2.75, 3.05) is 26.3 Å². The van der Waals surface area contributed by atoms with Gasteiger partial charge in [-0.05, 0) is 36.5 Å². The lowest BCUT2D eigenvalue weighted by Crippen LogP contribution is -2.38. The minimum Gasteiger partial charge on any atom is -0.381 e. The van der Waals surface area contributed by atoms with Crippen molar-refractivity contribution in [3.05, 3.63) is 70.1 Å². The number of nitrogens with one attached hydrogen (secondary N) is 2. The van der Waals surface area contributed by atoms with E-state index in [0.717, 1.165) is 49.8 Å². The summed E-state index contributed by atoms with van der Waals surface area (Å²) in [7, 11) is 0. The van der Waals surface area contributed by atoms with Crippen LogP contribution in [0.3, 0.4) is 0 Å². The lowest BCUT2D eigenvalue weighted by Gasteiger charge is -2.12. The molecule has 1 aromatic carbocycles. The van der Waals surface area contributed by atoms with Crippen LogP contribution in [0.5, 0.6) is 0 Å². The number of guanidine groups is 1. The van der Waals surface area contributed by atoms with Crippen LogP contribution >= 0.6 is 0 Å². The number of benzene rings is 1. The van der Waals surface area contributed by atoms with Crippen molar-refractivity contribution in [1.82, 2.24) is 15.2 Å². The van der Waals surface area contributed by atoms with Crippen LogP contribution in [0.4, 0.5) is 0 Å². The van der Waals surface area contributed by atoms with E-state index < -0.39 is 0 Å². The molecule has 2 N–H and O–H groups in total. The summed E-state index contributed by atoms with van der Waals surface area (Å²) in [6, 6.07) is 13.4. The van der Waals surface area contributed by atoms with Gasteiger partial charge >= 0.3 is 0 Å². The van der Waals surface area contributed by atoms with E-state index in [2.05, 4.69) is 60.7 Å². The van der Waals surface area contributed by atoms with Crippen LogP contribution in [0.2, 0.25) is 0 Å². The molecule has 0 amide bonds. The number of hydrogen-bond acceptors (Lipinski definition) is 3. The van der Waals surface area contributed by atoms with Gasteiger partial charge in [0.25, 0.3) is 5.56 Å². The fraction of sp³-hybridized carbons (Fsp3) is 0.478. The molecular formula is C23H34N4O2. The van der Waals surface area contributed by atoms with Gasteiger partial charge in [0.05, 0.1) is 13.1 Å². The molecule has 29 heavy (non-hydrogen) atoms. The number of nitrogens with zero attached hydrogens (tertiary/aromatic N) is 2. The summed E-state index contributed by atoms with van der Waals surface area (Å²) in [6.07, 6.45) is 2.76. The second-order valence-corrected chi connectivity index (χ2v) is 7.43. The van der Waals surface area contributed by atoms with Crippen molar-refractivity contribution in [2.45, 2.75) is 40.3 Å². The first-order valence-corrected chi connectivity index (χ1v) is 10.4. The van der Waals surface area contributed by atoms with E-state index in [-0.39, 0.29) is 5.56 Å². The van der Waals surface area contributed by atoms with Crippen molar-refractivity contribution >= 4 is 5.96 Å². The maximum absolute atomic E-state index is 11.8. The number of rotatable bonds is 11. The molecule has 0 saturated heterocycles. The van der Waals surface area contributed by atoms with Crippen LogP contribution in [-0.2, 0) is 17.8 Å². The third-order valence-electron chi connectivity index (χ3n) is 4.25. The Bertz CT molecular complexity index is 797. The smallest absolute Gasteiger partial charge is 0.250 e. The van der Waals surface area contributed by atoms with E-state index in [4.69, 9.17) is 4.74 Å². The summed E-state index contributed by atoms with van der Waals surface area (Å²) in [4.78, 5) is 16.5. The van der Waals surface area contributed by atoms with Crippen LogP contribution in [0.1, 0.15) is 38.3 Å². The zero-order valence-corrected chi connectivity index (χ0v) is 17.9. The Morgan fingerprint density at radius 1 is 1.10 bits per heavy atom. The Hall–Kier alpha value is -2.60. The Morgan fingerprint density at radius 2 is 1.86 bits per heavy atom. The summed E-state index contributed by atoms with van der Waals surface area (Å²) < 4.78 is 7.31. The molecule has 0 atom stereocenters. The van der Waals surface area contributed by atoms with Crippen molar-refractivity contribution in [2.24, 2.45) is 10.9 Å². The quantitative estimate of drug-likeness (QED) is 0.347. The van der Waals surface area contributed by atoms with Gasteiger partial charge in [0.2, 0.25) is 0 Å². The molecule has 0 aliphatic rings. The van der Waals surface area contributed by atoms with Gasteiger partial charge in [-0.1, -0.05) is 44.2 Å². The molecule has 2 aromatic rings. The number of pyridine rings is 1. The molecule has 1 heterocycles. The number of aliphatic imine (C=N–C) groups is 1. The molecule has 2 rings (SSSR count). The number of hydrogen-bond donors (Lipinski definition) is 2. The highest BCUT2D eigenvalue weighted by Gasteiger charge is 2.00. The minimum atomic E-state index is 0.0112. The Balaban J connectivity index is 1.82. The normalized spacial score (nSPS) is 11.7. The molecule has 0 fully saturated rings. The fourth-order valence-corrected chi connectivity index (χ4v) is 2.75. The highest BCUT2D eigenvalue weighted by Crippen LogP contribution is 2.07. The van der Waals surface area contributed by atoms with Gasteiger partial charge in [0, 0.05) is 38.6 Å². The molecule has 6 heteroatoms. The highest BCUT2D eigenvalue weighted by molar-refractivity contribution is 5.79. The van der Waals surface area contributed by atoms with Crippen molar-refractivity contribution in [3.63, 3.8) is 0 Å². The maximum atomic E-state index is 11.8. The minimum absolute atomic E-state index is 0.0112. The molecule has 0 spiro atoms. The monoisotopic (exact) mass is 398 g/mol. The Labute approximate surface area is 174 Å². The molecule has 0 bridgehead atoms. The molecule has 0 radical (unpaired) electrons. The maximum Gasteiger partial charge on any atom is 0.250 e. The van der Waals surface area contributed by atoms with E-state index >= 15 is 0 Å². The van der Waals surface area contributed by atoms with E-state index in [1.54, 1.807) is 16.7 Å². The molecule has 0 aliphatic carbocycles. The molecule has 0 saturated carbocycles. The second kappa shape index (κ2) is 12.8. The topological polar surface area (TPSA) is 67.7 Å². The summed E-state index contributed by atoms with van der Waals surface area (Å²) in [5, 5.41) is 6.62. The lowest BCUT2D eigenvalue weighted by atomic mass is 10.1. The van der Waals surface area contributed by atoms with Crippen LogP contribution in [0.25, 0.3) is 0 Å². The Kier molecular flexibility index (Phi) is 10.00. The molecule has 1 aromatic heterocycles. The summed E-state index contributed by atoms with van der Waals surface area (Å²) in [5.41, 5.74) is 2.24. The predicted octanol–water partition coefficient (Wildman–Crippen LogP) is 3.01. The molecule has 0 aliphatic heterocycles. The first kappa shape index (κ1) is 22.7. The Morgan fingerprint density at radius 3 is 2.55 bits per heavy atom. The van der Waals surface area contributed by atoms with Crippen molar-refractivity contribution < 1.29 is 4.74 Å². The molecule has 0 unspecified atom stereocenters. The SMILES string of the molecule is CCNC(=NCc1ccc(Cn2ccccc2=O)cc1)NCCCOCC(C)C. The number of aromatic nitrogens is 1. The molecule has 158 valence electrons. The first-order chi connectivity index (χ1) is 14.1. The fourth-order valence-electron chi connectivity index (χ4n) is 2.75. The van der Waals surface area contributed by atoms with Crippen LogP contribution in [-0.4, -0.2) is 36.8 Å². The van der Waals surface area contributed by atoms with Crippen LogP contribution in [0.15, 0.2) is 58.4 Å². The largest absolute Gasteiger partial charge is 0.381 e.